The van der Waals surface area contributed by atoms with Gasteiger partial charge in [-0.1, -0.05) is 17.2 Å². The molecule has 1 aromatic carbocycles. The fraction of sp³-hybridized carbons (Fsp3) is 0.444. The summed E-state index contributed by atoms with van der Waals surface area (Å²) in [4.78, 5) is 54.6. The molecule has 0 saturated carbocycles. The Morgan fingerprint density at radius 2 is 1.67 bits per heavy atom. The number of nitrogens with zero attached hydrogens (tertiary/aromatic N) is 2. The summed E-state index contributed by atoms with van der Waals surface area (Å²) in [6.45, 7) is 4.37. The van der Waals surface area contributed by atoms with Crippen molar-refractivity contribution >= 4 is 23.9 Å². The van der Waals surface area contributed by atoms with E-state index in [1.54, 1.807) is 32.9 Å². The Labute approximate surface area is 154 Å². The van der Waals surface area contributed by atoms with Crippen molar-refractivity contribution in [3.63, 3.8) is 0 Å². The van der Waals surface area contributed by atoms with E-state index >= 15 is 4.39 Å². The zero-order chi connectivity index (χ0) is 20.0. The van der Waals surface area contributed by atoms with Crippen LogP contribution in [0.3, 0.4) is 0 Å². The summed E-state index contributed by atoms with van der Waals surface area (Å²) in [5.41, 5.74) is -3.15. The molecule has 1 saturated heterocycles. The molecule has 2 heterocycles. The van der Waals surface area contributed by atoms with Gasteiger partial charge in [-0.15, -0.1) is 0 Å². The van der Waals surface area contributed by atoms with E-state index in [-0.39, 0.29) is 29.2 Å². The predicted octanol–water partition coefficient (Wildman–Crippen LogP) is 2.09. The molecular formula is C18H19FN2O6. The van der Waals surface area contributed by atoms with Crippen molar-refractivity contribution in [2.45, 2.75) is 38.5 Å². The number of likely N-dealkylation sites (tertiary alicyclic amines) is 1. The van der Waals surface area contributed by atoms with Crippen LogP contribution in [0.2, 0.25) is 0 Å². The van der Waals surface area contributed by atoms with Crippen molar-refractivity contribution in [1.29, 1.82) is 0 Å². The van der Waals surface area contributed by atoms with Gasteiger partial charge >= 0.3 is 12.1 Å². The summed E-state index contributed by atoms with van der Waals surface area (Å²) >= 11 is 0. The van der Waals surface area contributed by atoms with E-state index in [9.17, 15) is 19.2 Å². The topological polar surface area (TPSA) is 93.2 Å². The van der Waals surface area contributed by atoms with E-state index in [0.717, 1.165) is 4.90 Å². The van der Waals surface area contributed by atoms with Crippen LogP contribution >= 0.6 is 0 Å². The largest absolute Gasteiger partial charge is 0.444 e. The van der Waals surface area contributed by atoms with Crippen LogP contribution in [0.1, 0.15) is 47.9 Å². The van der Waals surface area contributed by atoms with Gasteiger partial charge in [0.05, 0.1) is 17.7 Å². The standard InChI is InChI=1S/C18H19FN2O6/c1-17(2,3)26-16(25)20-9-8-18(19,10-20)15(24)27-21-13(22)11-6-4-5-7-12(11)14(21)23/h4-7H,8-10H2,1-3H3. The van der Waals surface area contributed by atoms with Crippen molar-refractivity contribution in [2.24, 2.45) is 0 Å². The lowest BCUT2D eigenvalue weighted by molar-refractivity contribution is -0.182. The lowest BCUT2D eigenvalue weighted by atomic mass is 10.1. The second-order valence-electron chi connectivity index (χ2n) is 7.45. The zero-order valence-corrected chi connectivity index (χ0v) is 15.2. The van der Waals surface area contributed by atoms with Gasteiger partial charge < -0.3 is 14.5 Å². The van der Waals surface area contributed by atoms with Crippen LogP contribution < -0.4 is 0 Å². The zero-order valence-electron chi connectivity index (χ0n) is 15.2. The molecule has 0 spiro atoms. The number of hydroxylamine groups is 2. The number of hydrogen-bond donors (Lipinski definition) is 0. The number of halogens is 1. The second kappa shape index (κ2) is 6.33. The highest BCUT2D eigenvalue weighted by Gasteiger charge is 2.51. The number of benzene rings is 1. The maximum absolute atomic E-state index is 15.0. The van der Waals surface area contributed by atoms with Gasteiger partial charge in [0.15, 0.2) is 0 Å². The SMILES string of the molecule is CC(C)(C)OC(=O)N1CCC(F)(C(=O)ON2C(=O)c3ccccc3C2=O)C1. The minimum atomic E-state index is -2.54. The molecular weight excluding hydrogens is 359 g/mol. The third-order valence-electron chi connectivity index (χ3n) is 4.17. The second-order valence-corrected chi connectivity index (χ2v) is 7.45. The molecule has 8 nitrogen and oxygen atoms in total. The van der Waals surface area contributed by atoms with Gasteiger partial charge in [-0.05, 0) is 32.9 Å². The molecule has 1 atom stereocenters. The van der Waals surface area contributed by atoms with Crippen LogP contribution in [0, 0.1) is 0 Å². The van der Waals surface area contributed by atoms with E-state index in [2.05, 4.69) is 0 Å². The Morgan fingerprint density at radius 3 is 2.19 bits per heavy atom. The summed E-state index contributed by atoms with van der Waals surface area (Å²) in [7, 11) is 0. The normalized spacial score (nSPS) is 22.1. The third-order valence-corrected chi connectivity index (χ3v) is 4.17. The lowest BCUT2D eigenvalue weighted by Gasteiger charge is -2.25. The quantitative estimate of drug-likeness (QED) is 0.732. The minimum absolute atomic E-state index is 0.0529. The highest BCUT2D eigenvalue weighted by atomic mass is 19.1. The monoisotopic (exact) mass is 378 g/mol. The molecule has 2 aliphatic heterocycles. The summed E-state index contributed by atoms with van der Waals surface area (Å²) < 4.78 is 20.2. The molecule has 3 amide bonds. The van der Waals surface area contributed by atoms with Gasteiger partial charge in [0.25, 0.3) is 11.8 Å². The van der Waals surface area contributed by atoms with Gasteiger partial charge in [0.1, 0.15) is 5.60 Å². The van der Waals surface area contributed by atoms with Crippen molar-refractivity contribution in [2.75, 3.05) is 13.1 Å². The first-order valence-electron chi connectivity index (χ1n) is 8.39. The van der Waals surface area contributed by atoms with Gasteiger partial charge in [-0.2, -0.15) is 0 Å². The van der Waals surface area contributed by atoms with Crippen LogP contribution in [0.15, 0.2) is 24.3 Å². The fourth-order valence-corrected chi connectivity index (χ4v) is 2.84. The van der Waals surface area contributed by atoms with Crippen LogP contribution in [0.4, 0.5) is 9.18 Å². The van der Waals surface area contributed by atoms with Gasteiger partial charge in [-0.25, -0.2) is 14.0 Å². The van der Waals surface area contributed by atoms with E-state index < -0.39 is 41.7 Å². The molecule has 0 aliphatic carbocycles. The van der Waals surface area contributed by atoms with Crippen molar-refractivity contribution in [3.05, 3.63) is 35.4 Å². The number of carbonyl (C=O) groups is 4. The molecule has 1 unspecified atom stereocenters. The first-order chi connectivity index (χ1) is 12.5. The first kappa shape index (κ1) is 18.8. The van der Waals surface area contributed by atoms with Crippen LogP contribution in [-0.4, -0.2) is 58.2 Å². The smallest absolute Gasteiger partial charge is 0.410 e. The summed E-state index contributed by atoms with van der Waals surface area (Å²) in [6, 6.07) is 5.94. The third kappa shape index (κ3) is 3.49. The maximum Gasteiger partial charge on any atom is 0.410 e. The number of fused-ring (bicyclic) bond motifs is 1. The van der Waals surface area contributed by atoms with Gasteiger partial charge in [0, 0.05) is 13.0 Å². The highest BCUT2D eigenvalue weighted by molar-refractivity contribution is 6.21. The Morgan fingerprint density at radius 1 is 1.11 bits per heavy atom. The average Bonchev–Trinajstić information content (AvgIpc) is 3.09. The van der Waals surface area contributed by atoms with E-state index in [4.69, 9.17) is 9.57 Å². The molecule has 0 bridgehead atoms. The molecule has 1 fully saturated rings. The van der Waals surface area contributed by atoms with Crippen LogP contribution in [-0.2, 0) is 14.4 Å². The van der Waals surface area contributed by atoms with Gasteiger partial charge in [0.2, 0.25) is 5.67 Å². The highest BCUT2D eigenvalue weighted by Crippen LogP contribution is 2.30. The molecule has 3 rings (SSSR count). The Hall–Kier alpha value is -2.97. The van der Waals surface area contributed by atoms with E-state index in [1.807, 2.05) is 0 Å². The van der Waals surface area contributed by atoms with E-state index in [0.29, 0.717) is 0 Å². The number of alkyl halides is 1. The molecule has 9 heteroatoms. The number of imide groups is 1. The Balaban J connectivity index is 1.68. The van der Waals surface area contributed by atoms with Gasteiger partial charge in [-0.3, -0.25) is 9.59 Å². The first-order valence-corrected chi connectivity index (χ1v) is 8.39. The molecule has 1 aromatic rings. The number of amides is 3. The molecule has 27 heavy (non-hydrogen) atoms. The number of carbonyl (C=O) groups excluding carboxylic acids is 4. The van der Waals surface area contributed by atoms with E-state index in [1.165, 1.54) is 12.1 Å². The summed E-state index contributed by atoms with van der Waals surface area (Å²) in [5, 5.41) is 0.254. The van der Waals surface area contributed by atoms with Crippen molar-refractivity contribution in [1.82, 2.24) is 9.96 Å². The van der Waals surface area contributed by atoms with Crippen molar-refractivity contribution in [3.8, 4) is 0 Å². The number of hydrogen-bond acceptors (Lipinski definition) is 6. The van der Waals surface area contributed by atoms with Crippen LogP contribution in [0.25, 0.3) is 0 Å². The molecule has 144 valence electrons. The number of rotatable bonds is 2. The lowest BCUT2D eigenvalue weighted by Crippen LogP contribution is -2.45. The molecule has 2 aliphatic rings. The summed E-state index contributed by atoms with van der Waals surface area (Å²) in [5.74, 6) is -3.08. The maximum atomic E-state index is 15.0. The molecule has 0 radical (unpaired) electrons. The Kier molecular flexibility index (Phi) is 4.41. The fourth-order valence-electron chi connectivity index (χ4n) is 2.84. The Bertz CT molecular complexity index is 798. The van der Waals surface area contributed by atoms with Crippen LogP contribution in [0.5, 0.6) is 0 Å². The minimum Gasteiger partial charge on any atom is -0.444 e. The predicted molar refractivity (Wildman–Crippen MR) is 89.3 cm³/mol. The molecule has 0 N–H and O–H groups in total. The number of ether oxygens (including phenoxy) is 1. The average molecular weight is 378 g/mol. The summed E-state index contributed by atoms with van der Waals surface area (Å²) in [6.07, 6.45) is -1.08. The molecule has 0 aromatic heterocycles. The van der Waals surface area contributed by atoms with Crippen molar-refractivity contribution < 1.29 is 33.1 Å².